The number of aryl methyl sites for hydroxylation is 3. The standard InChI is InChI=1S/C24H28N/c1-17-11-12-18(2)22(15-17)24-14-13-21-20(16-19-7-4-5-8-19)9-6-10-23(21)25(24)3/h6,9-15,19H,4-5,7-8,16H2,1-3H3/q+1. The van der Waals surface area contributed by atoms with Crippen LogP contribution in [0.4, 0.5) is 0 Å². The molecule has 1 fully saturated rings. The minimum atomic E-state index is 0.884. The van der Waals surface area contributed by atoms with Crippen LogP contribution in [0.1, 0.15) is 42.4 Å². The van der Waals surface area contributed by atoms with Gasteiger partial charge in [0.25, 0.3) is 0 Å². The topological polar surface area (TPSA) is 3.88 Å². The first-order chi connectivity index (χ1) is 12.1. The third-order valence-corrected chi connectivity index (χ3v) is 5.96. The predicted molar refractivity (Wildman–Crippen MR) is 106 cm³/mol. The van der Waals surface area contributed by atoms with E-state index in [0.717, 1.165) is 5.92 Å². The summed E-state index contributed by atoms with van der Waals surface area (Å²) in [5, 5.41) is 1.42. The molecule has 1 nitrogen and oxygen atoms in total. The van der Waals surface area contributed by atoms with Crippen LogP contribution in [-0.4, -0.2) is 0 Å². The highest BCUT2D eigenvalue weighted by Gasteiger charge is 2.20. The van der Waals surface area contributed by atoms with Gasteiger partial charge < -0.3 is 0 Å². The molecule has 1 heteroatoms. The maximum absolute atomic E-state index is 2.37. The van der Waals surface area contributed by atoms with Crippen molar-refractivity contribution in [2.75, 3.05) is 0 Å². The van der Waals surface area contributed by atoms with Gasteiger partial charge in [-0.25, -0.2) is 0 Å². The lowest BCUT2D eigenvalue weighted by Gasteiger charge is -2.12. The molecule has 25 heavy (non-hydrogen) atoms. The molecule has 1 aromatic heterocycles. The van der Waals surface area contributed by atoms with E-state index in [-0.39, 0.29) is 0 Å². The summed E-state index contributed by atoms with van der Waals surface area (Å²) in [5.41, 5.74) is 8.15. The molecule has 1 aliphatic carbocycles. The van der Waals surface area contributed by atoms with E-state index in [1.165, 1.54) is 71.0 Å². The normalized spacial score (nSPS) is 15.2. The van der Waals surface area contributed by atoms with Gasteiger partial charge in [0.2, 0.25) is 11.2 Å². The van der Waals surface area contributed by atoms with Crippen molar-refractivity contribution in [3.8, 4) is 11.3 Å². The first-order valence-electron chi connectivity index (χ1n) is 9.62. The van der Waals surface area contributed by atoms with Crippen molar-refractivity contribution in [3.63, 3.8) is 0 Å². The van der Waals surface area contributed by atoms with Gasteiger partial charge in [0.05, 0.1) is 0 Å². The molecule has 128 valence electrons. The van der Waals surface area contributed by atoms with Crippen molar-refractivity contribution in [1.29, 1.82) is 0 Å². The Labute approximate surface area is 151 Å². The maximum Gasteiger partial charge on any atom is 0.213 e. The third-order valence-electron chi connectivity index (χ3n) is 5.96. The third kappa shape index (κ3) is 3.08. The highest BCUT2D eigenvalue weighted by molar-refractivity contribution is 5.81. The fourth-order valence-electron chi connectivity index (χ4n) is 4.47. The molecule has 0 aliphatic heterocycles. The molecule has 0 atom stereocenters. The summed E-state index contributed by atoms with van der Waals surface area (Å²) in [7, 11) is 2.21. The van der Waals surface area contributed by atoms with Gasteiger partial charge in [0, 0.05) is 23.1 Å². The Morgan fingerprint density at radius 1 is 0.960 bits per heavy atom. The van der Waals surface area contributed by atoms with E-state index >= 15 is 0 Å². The predicted octanol–water partition coefficient (Wildman–Crippen LogP) is 5.68. The van der Waals surface area contributed by atoms with Crippen molar-refractivity contribution in [2.45, 2.75) is 46.0 Å². The van der Waals surface area contributed by atoms with Gasteiger partial charge in [-0.05, 0) is 49.4 Å². The van der Waals surface area contributed by atoms with Crippen LogP contribution >= 0.6 is 0 Å². The van der Waals surface area contributed by atoms with Crippen LogP contribution in [0.3, 0.4) is 0 Å². The number of pyridine rings is 1. The number of benzene rings is 2. The van der Waals surface area contributed by atoms with Crippen LogP contribution < -0.4 is 4.57 Å². The molecule has 1 heterocycles. The fraction of sp³-hybridized carbons (Fsp3) is 0.375. The Morgan fingerprint density at radius 3 is 2.56 bits per heavy atom. The van der Waals surface area contributed by atoms with Crippen LogP contribution in [0.15, 0.2) is 48.5 Å². The smallest absolute Gasteiger partial charge is 0.194 e. The molecule has 0 N–H and O–H groups in total. The summed E-state index contributed by atoms with van der Waals surface area (Å²) >= 11 is 0. The Kier molecular flexibility index (Phi) is 4.33. The lowest BCUT2D eigenvalue weighted by molar-refractivity contribution is -0.633. The van der Waals surface area contributed by atoms with Gasteiger partial charge >= 0.3 is 0 Å². The van der Waals surface area contributed by atoms with Gasteiger partial charge in [-0.2, -0.15) is 4.57 Å². The molecule has 0 radical (unpaired) electrons. The molecular weight excluding hydrogens is 302 g/mol. The van der Waals surface area contributed by atoms with E-state index in [4.69, 9.17) is 0 Å². The van der Waals surface area contributed by atoms with E-state index in [1.807, 2.05) is 0 Å². The van der Waals surface area contributed by atoms with Crippen molar-refractivity contribution < 1.29 is 4.57 Å². The average Bonchev–Trinajstić information content (AvgIpc) is 3.11. The molecule has 1 aliphatic rings. The van der Waals surface area contributed by atoms with Gasteiger partial charge in [-0.1, -0.05) is 55.5 Å². The molecule has 0 spiro atoms. The number of hydrogen-bond acceptors (Lipinski definition) is 0. The molecule has 1 saturated carbocycles. The zero-order chi connectivity index (χ0) is 17.4. The fourth-order valence-corrected chi connectivity index (χ4v) is 4.47. The Morgan fingerprint density at radius 2 is 1.76 bits per heavy atom. The van der Waals surface area contributed by atoms with Crippen molar-refractivity contribution >= 4 is 10.9 Å². The van der Waals surface area contributed by atoms with E-state index < -0.39 is 0 Å². The maximum atomic E-state index is 2.37. The summed E-state index contributed by atoms with van der Waals surface area (Å²) in [6, 6.07) is 18.2. The second kappa shape index (κ2) is 6.63. The van der Waals surface area contributed by atoms with Crippen LogP contribution in [0.5, 0.6) is 0 Å². The zero-order valence-corrected chi connectivity index (χ0v) is 15.7. The van der Waals surface area contributed by atoms with Crippen molar-refractivity contribution in [2.24, 2.45) is 13.0 Å². The SMILES string of the molecule is Cc1ccc(C)c(-c2ccc3c(CC4CCCC4)cccc3[n+]2C)c1. The van der Waals surface area contributed by atoms with E-state index in [2.05, 4.69) is 74.0 Å². The lowest BCUT2D eigenvalue weighted by Crippen LogP contribution is -2.32. The lowest BCUT2D eigenvalue weighted by atomic mass is 9.94. The number of nitrogens with zero attached hydrogens (tertiary/aromatic N) is 1. The molecule has 0 saturated heterocycles. The first-order valence-corrected chi connectivity index (χ1v) is 9.62. The van der Waals surface area contributed by atoms with Gasteiger partial charge in [0.1, 0.15) is 7.05 Å². The van der Waals surface area contributed by atoms with Gasteiger partial charge in [0.15, 0.2) is 0 Å². The zero-order valence-electron chi connectivity index (χ0n) is 15.7. The second-order valence-corrected chi connectivity index (χ2v) is 7.80. The molecular formula is C24H28N+. The van der Waals surface area contributed by atoms with Gasteiger partial charge in [-0.15, -0.1) is 0 Å². The average molecular weight is 330 g/mol. The largest absolute Gasteiger partial charge is 0.213 e. The van der Waals surface area contributed by atoms with Crippen LogP contribution in [0.2, 0.25) is 0 Å². The molecule has 2 aromatic carbocycles. The summed E-state index contributed by atoms with van der Waals surface area (Å²) in [4.78, 5) is 0. The summed E-state index contributed by atoms with van der Waals surface area (Å²) < 4.78 is 2.37. The quantitative estimate of drug-likeness (QED) is 0.544. The van der Waals surface area contributed by atoms with E-state index in [0.29, 0.717) is 0 Å². The first kappa shape index (κ1) is 16.3. The molecule has 0 unspecified atom stereocenters. The number of hydrogen-bond donors (Lipinski definition) is 0. The van der Waals surface area contributed by atoms with Crippen LogP contribution in [0, 0.1) is 19.8 Å². The van der Waals surface area contributed by atoms with Crippen LogP contribution in [-0.2, 0) is 13.5 Å². The minimum Gasteiger partial charge on any atom is -0.194 e. The summed E-state index contributed by atoms with van der Waals surface area (Å²) in [5.74, 6) is 0.884. The number of rotatable bonds is 3. The highest BCUT2D eigenvalue weighted by Crippen LogP contribution is 2.31. The van der Waals surface area contributed by atoms with Gasteiger partial charge in [-0.3, -0.25) is 0 Å². The van der Waals surface area contributed by atoms with Crippen molar-refractivity contribution in [3.05, 3.63) is 65.2 Å². The molecule has 0 amide bonds. The Balaban J connectivity index is 1.81. The van der Waals surface area contributed by atoms with Crippen molar-refractivity contribution in [1.82, 2.24) is 0 Å². The Bertz CT molecular complexity index is 917. The van der Waals surface area contributed by atoms with E-state index in [9.17, 15) is 0 Å². The van der Waals surface area contributed by atoms with E-state index in [1.54, 1.807) is 0 Å². The second-order valence-electron chi connectivity index (χ2n) is 7.80. The molecule has 3 aromatic rings. The molecule has 0 bridgehead atoms. The summed E-state index contributed by atoms with van der Waals surface area (Å²) in [6.45, 7) is 4.37. The summed E-state index contributed by atoms with van der Waals surface area (Å²) in [6.07, 6.45) is 6.88. The molecule has 4 rings (SSSR count). The highest BCUT2D eigenvalue weighted by atomic mass is 14.9. The number of aromatic nitrogens is 1. The minimum absolute atomic E-state index is 0.884. The van der Waals surface area contributed by atoms with Crippen LogP contribution in [0.25, 0.3) is 22.2 Å². The monoisotopic (exact) mass is 330 g/mol. The Hall–Kier alpha value is -2.15. The number of fused-ring (bicyclic) bond motifs is 1.